The van der Waals surface area contributed by atoms with E-state index in [1.165, 1.54) is 11.8 Å². The number of carbonyl (C=O) groups excluding carboxylic acids is 1. The molecule has 0 unspecified atom stereocenters. The predicted octanol–water partition coefficient (Wildman–Crippen LogP) is 1.18. The minimum absolute atomic E-state index is 0.0628. The largest absolute Gasteiger partial charge is 0.395 e. The Morgan fingerprint density at radius 3 is 2.71 bits per heavy atom. The molecule has 0 radical (unpaired) electrons. The third-order valence-electron chi connectivity index (χ3n) is 3.86. The van der Waals surface area contributed by atoms with Crippen molar-refractivity contribution in [2.45, 2.75) is 43.7 Å². The molecular formula is C14H21N3O3S. The SMILES string of the molecule is CSc1nc(=O)[nH]c(C)c1C(=O)N(CCO)C1CCCC1. The fourth-order valence-corrected chi connectivity index (χ4v) is 3.49. The first-order valence-electron chi connectivity index (χ1n) is 7.15. The highest BCUT2D eigenvalue weighted by Gasteiger charge is 2.29. The highest BCUT2D eigenvalue weighted by Crippen LogP contribution is 2.27. The van der Waals surface area contributed by atoms with Crippen molar-refractivity contribution in [1.82, 2.24) is 14.9 Å². The standard InChI is InChI=1S/C14H21N3O3S/c1-9-11(12(21-2)16-14(20)15-9)13(19)17(7-8-18)10-5-3-4-6-10/h10,18H,3-8H2,1-2H3,(H,15,16,20). The number of H-pyrrole nitrogens is 1. The number of aliphatic hydroxyl groups excluding tert-OH is 1. The number of hydrogen-bond acceptors (Lipinski definition) is 5. The van der Waals surface area contributed by atoms with Crippen LogP contribution in [0.25, 0.3) is 0 Å². The van der Waals surface area contributed by atoms with E-state index in [2.05, 4.69) is 9.97 Å². The fourth-order valence-electron chi connectivity index (χ4n) is 2.88. The Bertz CT molecular complexity index is 567. The van der Waals surface area contributed by atoms with Gasteiger partial charge in [0.2, 0.25) is 0 Å². The fraction of sp³-hybridized carbons (Fsp3) is 0.643. The minimum atomic E-state index is -0.442. The molecular weight excluding hydrogens is 290 g/mol. The average molecular weight is 311 g/mol. The maximum atomic E-state index is 12.9. The Labute approximate surface area is 128 Å². The van der Waals surface area contributed by atoms with E-state index in [-0.39, 0.29) is 18.6 Å². The molecule has 2 N–H and O–H groups in total. The lowest BCUT2D eigenvalue weighted by molar-refractivity contribution is 0.0632. The lowest BCUT2D eigenvalue weighted by atomic mass is 10.1. The van der Waals surface area contributed by atoms with E-state index in [0.29, 0.717) is 22.8 Å². The zero-order valence-corrected chi connectivity index (χ0v) is 13.2. The Kier molecular flexibility index (Phi) is 5.41. The molecule has 0 aromatic carbocycles. The van der Waals surface area contributed by atoms with Crippen molar-refractivity contribution >= 4 is 17.7 Å². The molecule has 6 nitrogen and oxygen atoms in total. The Morgan fingerprint density at radius 1 is 1.48 bits per heavy atom. The summed E-state index contributed by atoms with van der Waals surface area (Å²) in [6.07, 6.45) is 5.95. The molecule has 7 heteroatoms. The molecule has 0 bridgehead atoms. The van der Waals surface area contributed by atoms with Crippen LogP contribution in [0.4, 0.5) is 0 Å². The molecule has 1 fully saturated rings. The number of aromatic amines is 1. The number of aryl methyl sites for hydroxylation is 1. The molecule has 0 spiro atoms. The average Bonchev–Trinajstić information content (AvgIpc) is 2.97. The van der Waals surface area contributed by atoms with Crippen LogP contribution in [0, 0.1) is 6.92 Å². The number of carbonyl (C=O) groups is 1. The van der Waals surface area contributed by atoms with Gasteiger partial charge in [0.05, 0.1) is 12.2 Å². The molecule has 0 aliphatic heterocycles. The second-order valence-electron chi connectivity index (χ2n) is 5.21. The van der Waals surface area contributed by atoms with E-state index in [9.17, 15) is 14.7 Å². The van der Waals surface area contributed by atoms with E-state index in [1.807, 2.05) is 0 Å². The normalized spacial score (nSPS) is 15.4. The van der Waals surface area contributed by atoms with Crippen LogP contribution in [0.2, 0.25) is 0 Å². The van der Waals surface area contributed by atoms with Gasteiger partial charge in [-0.05, 0) is 26.0 Å². The van der Waals surface area contributed by atoms with E-state index < -0.39 is 5.69 Å². The van der Waals surface area contributed by atoms with Crippen molar-refractivity contribution in [2.75, 3.05) is 19.4 Å². The molecule has 1 aromatic heterocycles. The number of rotatable bonds is 5. The van der Waals surface area contributed by atoms with Crippen LogP contribution in [-0.4, -0.2) is 51.3 Å². The van der Waals surface area contributed by atoms with E-state index in [4.69, 9.17) is 0 Å². The van der Waals surface area contributed by atoms with Crippen LogP contribution in [0.15, 0.2) is 9.82 Å². The van der Waals surface area contributed by atoms with Crippen LogP contribution >= 0.6 is 11.8 Å². The smallest absolute Gasteiger partial charge is 0.346 e. The lowest BCUT2D eigenvalue weighted by Gasteiger charge is -2.29. The van der Waals surface area contributed by atoms with E-state index in [0.717, 1.165) is 25.7 Å². The molecule has 2 rings (SSSR count). The first-order chi connectivity index (χ1) is 10.1. The molecule has 116 valence electrons. The van der Waals surface area contributed by atoms with Gasteiger partial charge in [0.25, 0.3) is 5.91 Å². The maximum absolute atomic E-state index is 12.9. The van der Waals surface area contributed by atoms with Gasteiger partial charge >= 0.3 is 5.69 Å². The molecule has 1 amide bonds. The van der Waals surface area contributed by atoms with Crippen molar-refractivity contribution in [3.05, 3.63) is 21.7 Å². The minimum Gasteiger partial charge on any atom is -0.395 e. The maximum Gasteiger partial charge on any atom is 0.346 e. The van der Waals surface area contributed by atoms with Crippen LogP contribution in [0.1, 0.15) is 41.7 Å². The Hall–Kier alpha value is -1.34. The molecule has 1 aromatic rings. The quantitative estimate of drug-likeness (QED) is 0.630. The summed E-state index contributed by atoms with van der Waals surface area (Å²) in [5.74, 6) is -0.151. The van der Waals surface area contributed by atoms with Crippen molar-refractivity contribution in [2.24, 2.45) is 0 Å². The predicted molar refractivity (Wildman–Crippen MR) is 81.8 cm³/mol. The monoisotopic (exact) mass is 311 g/mol. The number of thioether (sulfide) groups is 1. The van der Waals surface area contributed by atoms with Crippen LogP contribution in [-0.2, 0) is 0 Å². The Morgan fingerprint density at radius 2 is 2.14 bits per heavy atom. The van der Waals surface area contributed by atoms with Crippen molar-refractivity contribution in [1.29, 1.82) is 0 Å². The lowest BCUT2D eigenvalue weighted by Crippen LogP contribution is -2.41. The first kappa shape index (κ1) is 16.0. The number of amides is 1. The Balaban J connectivity index is 2.38. The van der Waals surface area contributed by atoms with Crippen LogP contribution in [0.5, 0.6) is 0 Å². The summed E-state index contributed by atoms with van der Waals surface area (Å²) < 4.78 is 0. The second kappa shape index (κ2) is 7.09. The third-order valence-corrected chi connectivity index (χ3v) is 4.54. The summed E-state index contributed by atoms with van der Waals surface area (Å²) in [6.45, 7) is 1.96. The molecule has 1 aliphatic carbocycles. The summed E-state index contributed by atoms with van der Waals surface area (Å²) in [7, 11) is 0. The van der Waals surface area contributed by atoms with Crippen LogP contribution < -0.4 is 5.69 Å². The second-order valence-corrected chi connectivity index (χ2v) is 6.01. The summed E-state index contributed by atoms with van der Waals surface area (Å²) in [5, 5.41) is 9.71. The van der Waals surface area contributed by atoms with Gasteiger partial charge in [-0.25, -0.2) is 4.79 Å². The topological polar surface area (TPSA) is 86.3 Å². The summed E-state index contributed by atoms with van der Waals surface area (Å²) in [5.41, 5.74) is 0.538. The van der Waals surface area contributed by atoms with Gasteiger partial charge < -0.3 is 15.0 Å². The van der Waals surface area contributed by atoms with Gasteiger partial charge in [-0.15, -0.1) is 11.8 Å². The van der Waals surface area contributed by atoms with Gasteiger partial charge in [-0.3, -0.25) is 4.79 Å². The molecule has 1 saturated carbocycles. The molecule has 0 saturated heterocycles. The zero-order valence-electron chi connectivity index (χ0n) is 12.4. The highest BCUT2D eigenvalue weighted by atomic mass is 32.2. The van der Waals surface area contributed by atoms with Gasteiger partial charge in [-0.2, -0.15) is 4.98 Å². The summed E-state index contributed by atoms with van der Waals surface area (Å²) >= 11 is 1.29. The van der Waals surface area contributed by atoms with Gasteiger partial charge in [0, 0.05) is 18.3 Å². The molecule has 1 aliphatic rings. The molecule has 1 heterocycles. The van der Waals surface area contributed by atoms with Crippen molar-refractivity contribution < 1.29 is 9.90 Å². The number of nitrogens with zero attached hydrogens (tertiary/aromatic N) is 2. The number of aromatic nitrogens is 2. The van der Waals surface area contributed by atoms with Gasteiger partial charge in [-0.1, -0.05) is 12.8 Å². The number of hydrogen-bond donors (Lipinski definition) is 2. The van der Waals surface area contributed by atoms with Gasteiger partial charge in [0.15, 0.2) is 0 Å². The van der Waals surface area contributed by atoms with Crippen LogP contribution in [0.3, 0.4) is 0 Å². The number of nitrogens with one attached hydrogen (secondary N) is 1. The van der Waals surface area contributed by atoms with Crippen molar-refractivity contribution in [3.63, 3.8) is 0 Å². The molecule has 21 heavy (non-hydrogen) atoms. The summed E-state index contributed by atoms with van der Waals surface area (Å²) in [4.78, 5) is 32.5. The van der Waals surface area contributed by atoms with E-state index >= 15 is 0 Å². The highest BCUT2D eigenvalue weighted by molar-refractivity contribution is 7.98. The van der Waals surface area contributed by atoms with E-state index in [1.54, 1.807) is 18.1 Å². The molecule has 0 atom stereocenters. The summed E-state index contributed by atoms with van der Waals surface area (Å²) in [6, 6.07) is 0.172. The van der Waals surface area contributed by atoms with Crippen molar-refractivity contribution in [3.8, 4) is 0 Å². The first-order valence-corrected chi connectivity index (χ1v) is 8.37. The zero-order chi connectivity index (χ0) is 15.4. The third kappa shape index (κ3) is 3.47. The number of aliphatic hydroxyl groups is 1. The van der Waals surface area contributed by atoms with Gasteiger partial charge in [0.1, 0.15) is 5.03 Å².